The van der Waals surface area contributed by atoms with Gasteiger partial charge in [-0.2, -0.15) is 0 Å². The number of para-hydroxylation sites is 1. The lowest BCUT2D eigenvalue weighted by atomic mass is 10.1. The third-order valence-electron chi connectivity index (χ3n) is 5.32. The molecule has 0 atom stereocenters. The molecule has 1 amide bonds. The molecule has 0 bridgehead atoms. The molecule has 0 aliphatic carbocycles. The number of halogens is 1. The van der Waals surface area contributed by atoms with Crippen molar-refractivity contribution < 1.29 is 24.1 Å². The molecule has 0 aliphatic heterocycles. The average molecular weight is 480 g/mol. The fourth-order valence-electron chi connectivity index (χ4n) is 3.66. The number of carbonyl (C=O) groups excluding carboxylic acids is 1. The van der Waals surface area contributed by atoms with Gasteiger partial charge in [0.1, 0.15) is 0 Å². The molecule has 34 heavy (non-hydrogen) atoms. The van der Waals surface area contributed by atoms with E-state index in [1.807, 2.05) is 36.4 Å². The first-order chi connectivity index (χ1) is 16.5. The fraction of sp³-hybridized carbons (Fsp3) is 0.160. The summed E-state index contributed by atoms with van der Waals surface area (Å²) in [7, 11) is 4.39. The summed E-state index contributed by atoms with van der Waals surface area (Å²) in [6.07, 6.45) is 0. The molecule has 4 rings (SSSR count). The van der Waals surface area contributed by atoms with E-state index in [4.69, 9.17) is 25.8 Å². The maximum Gasteiger partial charge on any atom is 0.295 e. The average Bonchev–Trinajstić information content (AvgIpc) is 3.13. The molecule has 174 valence electrons. The van der Waals surface area contributed by atoms with Gasteiger partial charge in [-0.3, -0.25) is 4.79 Å². The Bertz CT molecular complexity index is 1350. The van der Waals surface area contributed by atoms with Crippen molar-refractivity contribution in [3.63, 3.8) is 0 Å². The van der Waals surface area contributed by atoms with E-state index in [1.54, 1.807) is 16.7 Å². The molecule has 0 fully saturated rings. The zero-order chi connectivity index (χ0) is 24.2. The van der Waals surface area contributed by atoms with Crippen LogP contribution in [0.15, 0.2) is 70.9 Å². The maximum absolute atomic E-state index is 12.8. The van der Waals surface area contributed by atoms with E-state index in [0.29, 0.717) is 34.2 Å². The van der Waals surface area contributed by atoms with Gasteiger partial charge in [-0.15, -0.1) is 10.2 Å². The highest BCUT2D eigenvalue weighted by atomic mass is 35.5. The molecule has 0 spiro atoms. The van der Waals surface area contributed by atoms with Gasteiger partial charge in [0.05, 0.1) is 39.0 Å². The van der Waals surface area contributed by atoms with Crippen LogP contribution in [0, 0.1) is 0 Å². The Hall–Kier alpha value is -4.04. The van der Waals surface area contributed by atoms with Gasteiger partial charge in [-0.25, -0.2) is 0 Å². The van der Waals surface area contributed by atoms with Crippen molar-refractivity contribution in [1.82, 2.24) is 4.57 Å². The summed E-state index contributed by atoms with van der Waals surface area (Å²) in [6, 6.07) is 17.7. The van der Waals surface area contributed by atoms with Gasteiger partial charge in [0, 0.05) is 10.4 Å². The van der Waals surface area contributed by atoms with E-state index in [0.717, 1.165) is 11.1 Å². The predicted octanol–water partition coefficient (Wildman–Crippen LogP) is 6.00. The number of aromatic nitrogens is 1. The first-order valence-corrected chi connectivity index (χ1v) is 10.6. The Balaban J connectivity index is 1.71. The van der Waals surface area contributed by atoms with Crippen molar-refractivity contribution in [3.8, 4) is 23.1 Å². The molecule has 3 aromatic carbocycles. The van der Waals surface area contributed by atoms with Gasteiger partial charge in [0.2, 0.25) is 11.6 Å². The number of amides is 1. The van der Waals surface area contributed by atoms with Crippen LogP contribution in [0.3, 0.4) is 0 Å². The zero-order valence-electron chi connectivity index (χ0n) is 18.8. The first-order valence-electron chi connectivity index (χ1n) is 10.3. The van der Waals surface area contributed by atoms with Gasteiger partial charge < -0.3 is 23.9 Å². The Labute approximate surface area is 201 Å². The van der Waals surface area contributed by atoms with Gasteiger partial charge in [0.15, 0.2) is 17.2 Å². The molecule has 4 aromatic rings. The summed E-state index contributed by atoms with van der Waals surface area (Å²) < 4.78 is 17.6. The standard InChI is InChI=1S/C25H22ClN3O5/c1-32-20-12-16(13-21(33-2)23(20)34-3)24(30)28-27-22-18-6-4-5-7-19(18)29(25(22)31)14-15-8-10-17(26)11-9-15/h4-13,31H,14H2,1-3H3. The number of benzene rings is 3. The molecule has 9 heteroatoms. The second-order valence-corrected chi connectivity index (χ2v) is 7.76. The zero-order valence-corrected chi connectivity index (χ0v) is 19.5. The number of nitrogens with zero attached hydrogens (tertiary/aromatic N) is 3. The normalized spacial score (nSPS) is 11.2. The van der Waals surface area contributed by atoms with Crippen molar-refractivity contribution >= 4 is 34.1 Å². The van der Waals surface area contributed by atoms with Crippen LogP contribution in [-0.2, 0) is 6.54 Å². The lowest BCUT2D eigenvalue weighted by Gasteiger charge is -2.12. The van der Waals surface area contributed by atoms with Crippen LogP contribution in [0.1, 0.15) is 15.9 Å². The summed E-state index contributed by atoms with van der Waals surface area (Å²) in [5, 5.41) is 20.2. The monoisotopic (exact) mass is 479 g/mol. The quantitative estimate of drug-likeness (QED) is 0.328. The number of fused-ring (bicyclic) bond motifs is 1. The molecule has 1 N–H and O–H groups in total. The largest absolute Gasteiger partial charge is 0.493 e. The molecule has 0 unspecified atom stereocenters. The van der Waals surface area contributed by atoms with Gasteiger partial charge >= 0.3 is 0 Å². The van der Waals surface area contributed by atoms with Crippen LogP contribution in [0.2, 0.25) is 5.02 Å². The van der Waals surface area contributed by atoms with E-state index in [2.05, 4.69) is 10.2 Å². The van der Waals surface area contributed by atoms with Crippen molar-refractivity contribution in [3.05, 3.63) is 76.8 Å². The molecule has 0 saturated carbocycles. The van der Waals surface area contributed by atoms with Crippen molar-refractivity contribution in [2.75, 3.05) is 21.3 Å². The summed E-state index contributed by atoms with van der Waals surface area (Å²) in [5.74, 6) is 0.276. The Kier molecular flexibility index (Phi) is 6.70. The SMILES string of the molecule is COc1cc(C(=O)N=Nc2c(O)n(Cc3ccc(Cl)cc3)c3ccccc23)cc(OC)c1OC. The van der Waals surface area contributed by atoms with Crippen molar-refractivity contribution in [2.45, 2.75) is 6.54 Å². The smallest absolute Gasteiger partial charge is 0.295 e. The lowest BCUT2D eigenvalue weighted by Crippen LogP contribution is -2.00. The second-order valence-electron chi connectivity index (χ2n) is 7.32. The second kappa shape index (κ2) is 9.84. The molecule has 1 aromatic heterocycles. The molecule has 1 heterocycles. The highest BCUT2D eigenvalue weighted by Crippen LogP contribution is 2.40. The highest BCUT2D eigenvalue weighted by molar-refractivity contribution is 6.30. The van der Waals surface area contributed by atoms with E-state index in [1.165, 1.54) is 33.5 Å². The molecule has 0 saturated heterocycles. The van der Waals surface area contributed by atoms with Crippen LogP contribution in [0.5, 0.6) is 23.1 Å². The van der Waals surface area contributed by atoms with E-state index in [9.17, 15) is 9.90 Å². The highest BCUT2D eigenvalue weighted by Gasteiger charge is 2.19. The summed E-state index contributed by atoms with van der Waals surface area (Å²) in [6.45, 7) is 0.389. The molecular weight excluding hydrogens is 458 g/mol. The van der Waals surface area contributed by atoms with Crippen LogP contribution in [0.4, 0.5) is 5.69 Å². The minimum atomic E-state index is -0.631. The lowest BCUT2D eigenvalue weighted by molar-refractivity contribution is 0.0994. The molecule has 0 aliphatic rings. The predicted molar refractivity (Wildman–Crippen MR) is 129 cm³/mol. The summed E-state index contributed by atoms with van der Waals surface area (Å²) in [4.78, 5) is 12.8. The van der Waals surface area contributed by atoms with Gasteiger partial charge in [-0.1, -0.05) is 41.9 Å². The number of carbonyl (C=O) groups is 1. The summed E-state index contributed by atoms with van der Waals surface area (Å²) in [5.41, 5.74) is 2.09. The molecular formula is C25H22ClN3O5. The van der Waals surface area contributed by atoms with Crippen LogP contribution in [0.25, 0.3) is 10.9 Å². The Morgan fingerprint density at radius 2 is 1.62 bits per heavy atom. The third kappa shape index (κ3) is 4.40. The fourth-order valence-corrected chi connectivity index (χ4v) is 3.79. The summed E-state index contributed by atoms with van der Waals surface area (Å²) >= 11 is 5.98. The van der Waals surface area contributed by atoms with Crippen molar-refractivity contribution in [2.24, 2.45) is 10.2 Å². The number of ether oxygens (including phenoxy) is 3. The number of aromatic hydroxyl groups is 1. The van der Waals surface area contributed by atoms with E-state index < -0.39 is 5.91 Å². The van der Waals surface area contributed by atoms with Crippen molar-refractivity contribution in [1.29, 1.82) is 0 Å². The number of azo groups is 1. The minimum Gasteiger partial charge on any atom is -0.493 e. The number of rotatable bonds is 7. The number of hydrogen-bond acceptors (Lipinski definition) is 6. The topological polar surface area (TPSA) is 94.6 Å². The number of hydrogen-bond donors (Lipinski definition) is 1. The first kappa shape index (κ1) is 23.1. The van der Waals surface area contributed by atoms with Gasteiger partial charge in [0.25, 0.3) is 5.91 Å². The Morgan fingerprint density at radius 1 is 0.971 bits per heavy atom. The number of methoxy groups -OCH3 is 3. The van der Waals surface area contributed by atoms with Crippen LogP contribution < -0.4 is 14.2 Å². The van der Waals surface area contributed by atoms with Gasteiger partial charge in [-0.05, 0) is 35.9 Å². The van der Waals surface area contributed by atoms with Crippen LogP contribution >= 0.6 is 11.6 Å². The minimum absolute atomic E-state index is 0.0995. The van der Waals surface area contributed by atoms with Crippen LogP contribution in [-0.4, -0.2) is 36.9 Å². The molecule has 8 nitrogen and oxygen atoms in total. The molecule has 0 radical (unpaired) electrons. The third-order valence-corrected chi connectivity index (χ3v) is 5.58. The Morgan fingerprint density at radius 3 is 2.24 bits per heavy atom. The van der Waals surface area contributed by atoms with E-state index >= 15 is 0 Å². The van der Waals surface area contributed by atoms with E-state index in [-0.39, 0.29) is 17.1 Å². The maximum atomic E-state index is 12.8.